The Morgan fingerprint density at radius 2 is 1.47 bits per heavy atom. The lowest BCUT2D eigenvalue weighted by atomic mass is 10.2. The lowest BCUT2D eigenvalue weighted by molar-refractivity contribution is 0.607. The van der Waals surface area contributed by atoms with Gasteiger partial charge in [-0.2, -0.15) is 0 Å². The van der Waals surface area contributed by atoms with Crippen LogP contribution < -0.4 is 10.0 Å². The smallest absolute Gasteiger partial charge is 0.229 e. The molecule has 0 saturated carbocycles. The van der Waals surface area contributed by atoms with Crippen molar-refractivity contribution in [2.24, 2.45) is 0 Å². The van der Waals surface area contributed by atoms with E-state index in [-0.39, 0.29) is 0 Å². The van der Waals surface area contributed by atoms with Crippen LogP contribution in [0.3, 0.4) is 0 Å². The summed E-state index contributed by atoms with van der Waals surface area (Å²) in [7, 11) is -3.29. The molecule has 0 spiro atoms. The Morgan fingerprint density at radius 3 is 2.05 bits per heavy atom. The van der Waals surface area contributed by atoms with Crippen LogP contribution in [0.1, 0.15) is 5.56 Å². The van der Waals surface area contributed by atoms with E-state index in [2.05, 4.69) is 10.0 Å². The highest BCUT2D eigenvalue weighted by Gasteiger charge is 2.06. The van der Waals surface area contributed by atoms with Crippen molar-refractivity contribution in [3.8, 4) is 0 Å². The van der Waals surface area contributed by atoms with Gasteiger partial charge in [0.1, 0.15) is 0 Å². The van der Waals surface area contributed by atoms with Gasteiger partial charge in [0, 0.05) is 5.69 Å². The summed E-state index contributed by atoms with van der Waals surface area (Å²) in [6.45, 7) is 2.02. The normalized spacial score (nSPS) is 11.1. The fourth-order valence-corrected chi connectivity index (χ4v) is 2.25. The van der Waals surface area contributed by atoms with Crippen molar-refractivity contribution in [3.05, 3.63) is 54.1 Å². The van der Waals surface area contributed by atoms with Gasteiger partial charge in [0.15, 0.2) is 0 Å². The molecular formula is C14H16N2O2S. The molecule has 19 heavy (non-hydrogen) atoms. The largest absolute Gasteiger partial charge is 0.354 e. The van der Waals surface area contributed by atoms with Gasteiger partial charge in [-0.25, -0.2) is 8.42 Å². The minimum atomic E-state index is -3.29. The van der Waals surface area contributed by atoms with Gasteiger partial charge in [-0.15, -0.1) is 0 Å². The third-order valence-corrected chi connectivity index (χ3v) is 3.14. The maximum Gasteiger partial charge on any atom is 0.229 e. The predicted octanol–water partition coefficient (Wildman–Crippen LogP) is 3.11. The van der Waals surface area contributed by atoms with Crippen molar-refractivity contribution < 1.29 is 8.42 Å². The van der Waals surface area contributed by atoms with E-state index in [0.29, 0.717) is 5.69 Å². The minimum Gasteiger partial charge on any atom is -0.354 e. The molecule has 2 aromatic rings. The van der Waals surface area contributed by atoms with Crippen LogP contribution in [0.4, 0.5) is 17.1 Å². The van der Waals surface area contributed by atoms with Crippen LogP contribution in [0.2, 0.25) is 0 Å². The van der Waals surface area contributed by atoms with Gasteiger partial charge in [-0.3, -0.25) is 4.72 Å². The van der Waals surface area contributed by atoms with Gasteiger partial charge in [-0.1, -0.05) is 29.8 Å². The first-order valence-corrected chi connectivity index (χ1v) is 7.74. The van der Waals surface area contributed by atoms with Crippen molar-refractivity contribution in [2.45, 2.75) is 6.92 Å². The first-order valence-electron chi connectivity index (χ1n) is 5.84. The average Bonchev–Trinajstić information content (AvgIpc) is 2.33. The molecule has 0 saturated heterocycles. The number of aryl methyl sites for hydroxylation is 1. The van der Waals surface area contributed by atoms with Crippen LogP contribution in [0.5, 0.6) is 0 Å². The summed E-state index contributed by atoms with van der Waals surface area (Å²) in [5, 5.41) is 3.20. The number of anilines is 3. The molecule has 0 bridgehead atoms. The number of para-hydroxylation sites is 2. The topological polar surface area (TPSA) is 58.2 Å². The van der Waals surface area contributed by atoms with Gasteiger partial charge >= 0.3 is 0 Å². The second-order valence-corrected chi connectivity index (χ2v) is 6.16. The number of hydrogen-bond donors (Lipinski definition) is 2. The molecule has 0 heterocycles. The standard InChI is InChI=1S/C14H16N2O2S/c1-11-7-9-12(10-8-11)15-13-5-3-4-6-14(13)16-19(2,17)18/h3-10,15-16H,1-2H3. The Labute approximate surface area is 113 Å². The summed E-state index contributed by atoms with van der Waals surface area (Å²) in [4.78, 5) is 0. The fourth-order valence-electron chi connectivity index (χ4n) is 1.67. The zero-order valence-electron chi connectivity index (χ0n) is 10.8. The maximum absolute atomic E-state index is 11.3. The molecule has 2 rings (SSSR count). The molecule has 0 unspecified atom stereocenters. The monoisotopic (exact) mass is 276 g/mol. The number of rotatable bonds is 4. The molecule has 2 N–H and O–H groups in total. The van der Waals surface area contributed by atoms with E-state index in [0.717, 1.165) is 17.6 Å². The summed E-state index contributed by atoms with van der Waals surface area (Å²) in [6, 6.07) is 15.1. The summed E-state index contributed by atoms with van der Waals surface area (Å²) in [5.74, 6) is 0. The van der Waals surface area contributed by atoms with Crippen LogP contribution >= 0.6 is 0 Å². The number of hydrogen-bond acceptors (Lipinski definition) is 3. The molecule has 0 aliphatic carbocycles. The van der Waals surface area contributed by atoms with E-state index in [1.807, 2.05) is 43.3 Å². The molecule has 0 amide bonds. The molecule has 100 valence electrons. The molecule has 0 aliphatic rings. The lowest BCUT2D eigenvalue weighted by Gasteiger charge is -2.12. The average molecular weight is 276 g/mol. The highest BCUT2D eigenvalue weighted by atomic mass is 32.2. The fraction of sp³-hybridized carbons (Fsp3) is 0.143. The van der Waals surface area contributed by atoms with Crippen LogP contribution in [0.25, 0.3) is 0 Å². The maximum atomic E-state index is 11.3. The summed E-state index contributed by atoms with van der Waals surface area (Å²) in [5.41, 5.74) is 3.34. The van der Waals surface area contributed by atoms with Crippen LogP contribution in [0, 0.1) is 6.92 Å². The molecule has 0 atom stereocenters. The van der Waals surface area contributed by atoms with E-state index >= 15 is 0 Å². The van der Waals surface area contributed by atoms with Gasteiger partial charge in [-0.05, 0) is 31.2 Å². The molecule has 0 fully saturated rings. The Hall–Kier alpha value is -2.01. The molecular weight excluding hydrogens is 260 g/mol. The van der Waals surface area contributed by atoms with Crippen LogP contribution in [-0.2, 0) is 10.0 Å². The van der Waals surface area contributed by atoms with Crippen LogP contribution in [-0.4, -0.2) is 14.7 Å². The van der Waals surface area contributed by atoms with Crippen molar-refractivity contribution >= 4 is 27.1 Å². The lowest BCUT2D eigenvalue weighted by Crippen LogP contribution is -2.10. The highest BCUT2D eigenvalue weighted by molar-refractivity contribution is 7.92. The van der Waals surface area contributed by atoms with Gasteiger partial charge < -0.3 is 5.32 Å². The molecule has 5 heteroatoms. The van der Waals surface area contributed by atoms with Gasteiger partial charge in [0.2, 0.25) is 10.0 Å². The molecule has 4 nitrogen and oxygen atoms in total. The summed E-state index contributed by atoms with van der Waals surface area (Å²) >= 11 is 0. The first kappa shape index (κ1) is 13.4. The zero-order chi connectivity index (χ0) is 13.9. The summed E-state index contributed by atoms with van der Waals surface area (Å²) < 4.78 is 25.1. The van der Waals surface area contributed by atoms with Crippen molar-refractivity contribution in [1.29, 1.82) is 0 Å². The third-order valence-electron chi connectivity index (χ3n) is 2.55. The van der Waals surface area contributed by atoms with E-state index in [9.17, 15) is 8.42 Å². The second-order valence-electron chi connectivity index (χ2n) is 4.41. The third kappa shape index (κ3) is 3.99. The number of sulfonamides is 1. The Kier molecular flexibility index (Phi) is 3.76. The summed E-state index contributed by atoms with van der Waals surface area (Å²) in [6.07, 6.45) is 1.13. The van der Waals surface area contributed by atoms with Crippen molar-refractivity contribution in [3.63, 3.8) is 0 Å². The Morgan fingerprint density at radius 1 is 0.895 bits per heavy atom. The van der Waals surface area contributed by atoms with Crippen LogP contribution in [0.15, 0.2) is 48.5 Å². The van der Waals surface area contributed by atoms with E-state index in [1.54, 1.807) is 12.1 Å². The SMILES string of the molecule is Cc1ccc(Nc2ccccc2NS(C)(=O)=O)cc1. The predicted molar refractivity (Wildman–Crippen MR) is 79.4 cm³/mol. The van der Waals surface area contributed by atoms with Crippen molar-refractivity contribution in [2.75, 3.05) is 16.3 Å². The Balaban J connectivity index is 2.27. The zero-order valence-corrected chi connectivity index (χ0v) is 11.7. The molecule has 2 aromatic carbocycles. The quantitative estimate of drug-likeness (QED) is 0.902. The number of benzene rings is 2. The van der Waals surface area contributed by atoms with E-state index in [1.165, 1.54) is 5.56 Å². The number of nitrogens with one attached hydrogen (secondary N) is 2. The highest BCUT2D eigenvalue weighted by Crippen LogP contribution is 2.25. The van der Waals surface area contributed by atoms with E-state index < -0.39 is 10.0 Å². The van der Waals surface area contributed by atoms with E-state index in [4.69, 9.17) is 0 Å². The molecule has 0 radical (unpaired) electrons. The van der Waals surface area contributed by atoms with Gasteiger partial charge in [0.25, 0.3) is 0 Å². The molecule has 0 aliphatic heterocycles. The van der Waals surface area contributed by atoms with Gasteiger partial charge in [0.05, 0.1) is 17.6 Å². The molecule has 0 aromatic heterocycles. The minimum absolute atomic E-state index is 0.533. The first-order chi connectivity index (χ1) is 8.94. The Bertz CT molecular complexity index is 664. The second kappa shape index (κ2) is 5.32. The van der Waals surface area contributed by atoms with Crippen molar-refractivity contribution in [1.82, 2.24) is 0 Å².